The highest BCUT2D eigenvalue weighted by atomic mass is 79.9. The molecule has 3 nitrogen and oxygen atoms in total. The fraction of sp³-hybridized carbons (Fsp3) is 0.125. The van der Waals surface area contributed by atoms with Crippen molar-refractivity contribution in [2.75, 3.05) is 13.2 Å². The average Bonchev–Trinajstić information content (AvgIpc) is 3.05. The molecular formula is C24H18BrNO2. The average molecular weight is 432 g/mol. The first-order valence-corrected chi connectivity index (χ1v) is 9.85. The van der Waals surface area contributed by atoms with Crippen LogP contribution >= 0.6 is 15.9 Å². The highest BCUT2D eigenvalue weighted by Crippen LogP contribution is 2.44. The molecule has 0 saturated heterocycles. The van der Waals surface area contributed by atoms with Crippen LogP contribution in [0.5, 0.6) is 0 Å². The molecule has 4 rings (SSSR count). The van der Waals surface area contributed by atoms with E-state index < -0.39 is 6.09 Å². The summed E-state index contributed by atoms with van der Waals surface area (Å²) < 4.78 is 6.42. The highest BCUT2D eigenvalue weighted by molar-refractivity contribution is 9.10. The summed E-state index contributed by atoms with van der Waals surface area (Å²) in [4.78, 5) is 12.1. The molecule has 3 aromatic carbocycles. The highest BCUT2D eigenvalue weighted by Gasteiger charge is 2.28. The summed E-state index contributed by atoms with van der Waals surface area (Å²) >= 11 is 3.45. The van der Waals surface area contributed by atoms with Crippen LogP contribution in [-0.4, -0.2) is 19.2 Å². The van der Waals surface area contributed by atoms with E-state index in [1.807, 2.05) is 48.5 Å². The van der Waals surface area contributed by atoms with E-state index >= 15 is 0 Å². The smallest absolute Gasteiger partial charge is 0.407 e. The lowest BCUT2D eigenvalue weighted by Crippen LogP contribution is -2.26. The van der Waals surface area contributed by atoms with Crippen LogP contribution in [-0.2, 0) is 4.74 Å². The van der Waals surface area contributed by atoms with Crippen LogP contribution in [0.15, 0.2) is 77.3 Å². The first kappa shape index (κ1) is 18.3. The topological polar surface area (TPSA) is 38.3 Å². The van der Waals surface area contributed by atoms with Gasteiger partial charge in [-0.25, -0.2) is 4.79 Å². The number of fused-ring (bicyclic) bond motifs is 3. The van der Waals surface area contributed by atoms with Gasteiger partial charge in [-0.1, -0.05) is 72.5 Å². The summed E-state index contributed by atoms with van der Waals surface area (Å²) in [6.07, 6.45) is -0.455. The lowest BCUT2D eigenvalue weighted by Gasteiger charge is -2.14. The number of carbonyl (C=O) groups is 1. The Hall–Kier alpha value is -3.03. The van der Waals surface area contributed by atoms with Crippen LogP contribution in [0.3, 0.4) is 0 Å². The van der Waals surface area contributed by atoms with Crippen LogP contribution in [0.25, 0.3) is 11.1 Å². The summed E-state index contributed by atoms with van der Waals surface area (Å²) in [6.45, 7) is 0.537. The summed E-state index contributed by atoms with van der Waals surface area (Å²) in [7, 11) is 0. The Bertz CT molecular complexity index is 1040. The minimum Gasteiger partial charge on any atom is -0.449 e. The molecule has 0 spiro atoms. The van der Waals surface area contributed by atoms with Gasteiger partial charge in [-0.15, -0.1) is 0 Å². The molecule has 4 heteroatoms. The van der Waals surface area contributed by atoms with Crippen LogP contribution in [0, 0.1) is 11.8 Å². The Morgan fingerprint density at radius 2 is 1.54 bits per heavy atom. The lowest BCUT2D eigenvalue weighted by molar-refractivity contribution is 0.144. The van der Waals surface area contributed by atoms with Gasteiger partial charge in [-0.05, 0) is 50.3 Å². The van der Waals surface area contributed by atoms with Gasteiger partial charge in [0.25, 0.3) is 0 Å². The van der Waals surface area contributed by atoms with Gasteiger partial charge >= 0.3 is 6.09 Å². The van der Waals surface area contributed by atoms with Crippen LogP contribution in [0.4, 0.5) is 4.79 Å². The number of rotatable bonds is 3. The monoisotopic (exact) mass is 431 g/mol. The van der Waals surface area contributed by atoms with Gasteiger partial charge in [0.05, 0.1) is 6.54 Å². The number of amides is 1. The Balaban J connectivity index is 1.36. The molecule has 3 aromatic rings. The van der Waals surface area contributed by atoms with Crippen molar-refractivity contribution < 1.29 is 9.53 Å². The molecule has 1 N–H and O–H groups in total. The second kappa shape index (κ2) is 8.33. The Labute approximate surface area is 172 Å². The van der Waals surface area contributed by atoms with E-state index in [1.54, 1.807) is 0 Å². The standard InChI is InChI=1S/C24H18BrNO2/c25-23-14-6-1-8-17(23)9-7-15-26-24(27)28-16-22-20-12-4-2-10-18(20)19-11-3-5-13-21(19)22/h1-6,8,10-14,22H,15-16H2,(H,26,27). The maximum Gasteiger partial charge on any atom is 0.407 e. The Morgan fingerprint density at radius 3 is 2.21 bits per heavy atom. The quantitative estimate of drug-likeness (QED) is 0.568. The van der Waals surface area contributed by atoms with Crippen LogP contribution in [0.2, 0.25) is 0 Å². The summed E-state index contributed by atoms with van der Waals surface area (Å²) in [5.41, 5.74) is 5.71. The van der Waals surface area contributed by atoms with Crippen molar-refractivity contribution in [3.8, 4) is 23.0 Å². The van der Waals surface area contributed by atoms with Crippen molar-refractivity contribution in [1.29, 1.82) is 0 Å². The van der Waals surface area contributed by atoms with E-state index in [1.165, 1.54) is 22.3 Å². The molecule has 0 fully saturated rings. The number of carbonyl (C=O) groups excluding carboxylic acids is 1. The maximum atomic E-state index is 12.1. The predicted octanol–water partition coefficient (Wildman–Crippen LogP) is 5.34. The molecular weight excluding hydrogens is 414 g/mol. The number of hydrogen-bond donors (Lipinski definition) is 1. The maximum absolute atomic E-state index is 12.1. The largest absolute Gasteiger partial charge is 0.449 e. The minimum atomic E-state index is -0.455. The van der Waals surface area contributed by atoms with Crippen molar-refractivity contribution in [2.24, 2.45) is 0 Å². The van der Waals surface area contributed by atoms with Gasteiger partial charge < -0.3 is 10.1 Å². The molecule has 138 valence electrons. The zero-order valence-electron chi connectivity index (χ0n) is 15.1. The fourth-order valence-corrected chi connectivity index (χ4v) is 3.85. The molecule has 0 atom stereocenters. The van der Waals surface area contributed by atoms with E-state index in [-0.39, 0.29) is 12.5 Å². The molecule has 0 heterocycles. The predicted molar refractivity (Wildman–Crippen MR) is 114 cm³/mol. The SMILES string of the molecule is O=C(NCC#Cc1ccccc1Br)OCC1c2ccccc2-c2ccccc21. The summed E-state index contributed by atoms with van der Waals surface area (Å²) in [6, 6.07) is 24.3. The van der Waals surface area contributed by atoms with Crippen molar-refractivity contribution in [2.45, 2.75) is 5.92 Å². The third-order valence-electron chi connectivity index (χ3n) is 4.76. The van der Waals surface area contributed by atoms with Crippen molar-refractivity contribution >= 4 is 22.0 Å². The van der Waals surface area contributed by atoms with Crippen LogP contribution < -0.4 is 5.32 Å². The normalized spacial score (nSPS) is 11.8. The number of nitrogens with one attached hydrogen (secondary N) is 1. The van der Waals surface area contributed by atoms with Gasteiger partial charge in [0, 0.05) is 16.0 Å². The van der Waals surface area contributed by atoms with Crippen LogP contribution in [0.1, 0.15) is 22.6 Å². The molecule has 0 aliphatic heterocycles. The summed E-state index contributed by atoms with van der Waals surface area (Å²) in [5.74, 6) is 6.02. The molecule has 0 aromatic heterocycles. The number of alkyl carbamates (subject to hydrolysis) is 1. The van der Waals surface area contributed by atoms with Crippen molar-refractivity contribution in [1.82, 2.24) is 5.32 Å². The van der Waals surface area contributed by atoms with E-state index in [0.29, 0.717) is 6.61 Å². The Kier molecular flexibility index (Phi) is 5.45. The van der Waals surface area contributed by atoms with Gasteiger partial charge in [-0.3, -0.25) is 0 Å². The molecule has 1 amide bonds. The molecule has 0 saturated carbocycles. The number of ether oxygens (including phenoxy) is 1. The van der Waals surface area contributed by atoms with Gasteiger partial charge in [-0.2, -0.15) is 0 Å². The van der Waals surface area contributed by atoms with E-state index in [0.717, 1.165) is 10.0 Å². The first-order valence-electron chi connectivity index (χ1n) is 9.06. The number of benzene rings is 3. The molecule has 0 bridgehead atoms. The summed E-state index contributed by atoms with van der Waals surface area (Å²) in [5, 5.41) is 2.69. The van der Waals surface area contributed by atoms with E-state index in [9.17, 15) is 4.79 Å². The van der Waals surface area contributed by atoms with Gasteiger partial charge in [0.2, 0.25) is 0 Å². The number of halogens is 1. The Morgan fingerprint density at radius 1 is 0.929 bits per heavy atom. The first-order chi connectivity index (χ1) is 13.7. The lowest BCUT2D eigenvalue weighted by atomic mass is 9.98. The molecule has 0 radical (unpaired) electrons. The molecule has 28 heavy (non-hydrogen) atoms. The number of hydrogen-bond acceptors (Lipinski definition) is 2. The fourth-order valence-electron chi connectivity index (χ4n) is 3.47. The van der Waals surface area contributed by atoms with Gasteiger partial charge in [0.1, 0.15) is 6.61 Å². The van der Waals surface area contributed by atoms with E-state index in [4.69, 9.17) is 4.74 Å². The molecule has 1 aliphatic rings. The third-order valence-corrected chi connectivity index (χ3v) is 5.45. The zero-order chi connectivity index (χ0) is 19.3. The minimum absolute atomic E-state index is 0.0597. The van der Waals surface area contributed by atoms with Crippen molar-refractivity contribution in [3.63, 3.8) is 0 Å². The zero-order valence-corrected chi connectivity index (χ0v) is 16.7. The second-order valence-electron chi connectivity index (χ2n) is 6.46. The van der Waals surface area contributed by atoms with E-state index in [2.05, 4.69) is 57.4 Å². The van der Waals surface area contributed by atoms with Gasteiger partial charge in [0.15, 0.2) is 0 Å². The second-order valence-corrected chi connectivity index (χ2v) is 7.32. The third kappa shape index (κ3) is 3.81. The van der Waals surface area contributed by atoms with Crippen molar-refractivity contribution in [3.05, 3.63) is 94.0 Å². The molecule has 0 unspecified atom stereocenters. The molecule has 1 aliphatic carbocycles.